The molecule has 0 bridgehead atoms. The first-order valence-electron chi connectivity index (χ1n) is 8.22. The number of aromatic amines is 1. The minimum absolute atomic E-state index is 0.0111. The first-order valence-corrected chi connectivity index (χ1v) is 8.22. The van der Waals surface area contributed by atoms with Gasteiger partial charge in [-0.05, 0) is 42.3 Å². The van der Waals surface area contributed by atoms with Crippen molar-refractivity contribution >= 4 is 10.9 Å². The molecule has 0 aliphatic rings. The number of nitrogens with one attached hydrogen (secondary N) is 1. The summed E-state index contributed by atoms with van der Waals surface area (Å²) in [7, 11) is 0. The zero-order valence-electron chi connectivity index (χ0n) is 14.0. The highest BCUT2D eigenvalue weighted by atomic mass is 19.1. The molecule has 0 aliphatic heterocycles. The van der Waals surface area contributed by atoms with Crippen molar-refractivity contribution in [3.63, 3.8) is 0 Å². The number of benzene rings is 3. The van der Waals surface area contributed by atoms with Crippen LogP contribution in [0.5, 0.6) is 0 Å². The first kappa shape index (κ1) is 16.2. The van der Waals surface area contributed by atoms with Crippen LogP contribution in [0.25, 0.3) is 33.3 Å². The molecule has 4 aromatic rings. The van der Waals surface area contributed by atoms with Crippen LogP contribution in [-0.2, 0) is 0 Å². The predicted molar refractivity (Wildman–Crippen MR) is 100 cm³/mol. The van der Waals surface area contributed by atoms with E-state index in [1.807, 2.05) is 30.3 Å². The number of fused-ring (bicyclic) bond motifs is 1. The summed E-state index contributed by atoms with van der Waals surface area (Å²) in [6, 6.07) is 18.1. The molecule has 0 fully saturated rings. The van der Waals surface area contributed by atoms with E-state index in [1.54, 1.807) is 25.1 Å². The maximum Gasteiger partial charge on any atom is 0.192 e. The molecule has 128 valence electrons. The number of hydrogen-bond acceptors (Lipinski definition) is 1. The van der Waals surface area contributed by atoms with E-state index in [-0.39, 0.29) is 5.43 Å². The second kappa shape index (κ2) is 6.23. The van der Waals surface area contributed by atoms with Crippen LogP contribution < -0.4 is 5.43 Å². The maximum atomic E-state index is 14.0. The van der Waals surface area contributed by atoms with Gasteiger partial charge in [0.2, 0.25) is 0 Å². The second-order valence-corrected chi connectivity index (χ2v) is 6.20. The standard InChI is InChI=1S/C22H15F2NO/c1-13-21(25-20-5-3-2-4-18(20)22(13)26)15-8-6-14(7-9-15)17-11-10-16(23)12-19(17)24/h2-12H,1H3,(H,25,26). The average Bonchev–Trinajstić information content (AvgIpc) is 2.65. The van der Waals surface area contributed by atoms with Crippen molar-refractivity contribution in [1.29, 1.82) is 0 Å². The van der Waals surface area contributed by atoms with Crippen LogP contribution in [0, 0.1) is 18.6 Å². The van der Waals surface area contributed by atoms with Gasteiger partial charge >= 0.3 is 0 Å². The van der Waals surface area contributed by atoms with Gasteiger partial charge in [-0.2, -0.15) is 0 Å². The Labute approximate surface area is 148 Å². The first-order chi connectivity index (χ1) is 12.5. The normalized spacial score (nSPS) is 11.0. The highest BCUT2D eigenvalue weighted by Crippen LogP contribution is 2.27. The molecule has 0 unspecified atom stereocenters. The van der Waals surface area contributed by atoms with Crippen LogP contribution in [0.1, 0.15) is 5.56 Å². The number of pyridine rings is 1. The van der Waals surface area contributed by atoms with Gasteiger partial charge in [-0.15, -0.1) is 0 Å². The smallest absolute Gasteiger partial charge is 0.192 e. The molecule has 0 spiro atoms. The third kappa shape index (κ3) is 2.69. The van der Waals surface area contributed by atoms with Crippen molar-refractivity contribution in [2.45, 2.75) is 6.92 Å². The molecule has 2 nitrogen and oxygen atoms in total. The molecule has 1 aromatic heterocycles. The Hall–Kier alpha value is -3.27. The van der Waals surface area contributed by atoms with Gasteiger partial charge < -0.3 is 4.98 Å². The summed E-state index contributed by atoms with van der Waals surface area (Å²) >= 11 is 0. The van der Waals surface area contributed by atoms with E-state index >= 15 is 0 Å². The lowest BCUT2D eigenvalue weighted by Crippen LogP contribution is -2.09. The van der Waals surface area contributed by atoms with Gasteiger partial charge in [0.05, 0.1) is 5.69 Å². The lowest BCUT2D eigenvalue weighted by atomic mass is 9.99. The molecule has 4 rings (SSSR count). The number of aromatic nitrogens is 1. The third-order valence-corrected chi connectivity index (χ3v) is 4.56. The van der Waals surface area contributed by atoms with E-state index in [0.717, 1.165) is 22.8 Å². The van der Waals surface area contributed by atoms with Crippen molar-refractivity contribution in [3.8, 4) is 22.4 Å². The van der Waals surface area contributed by atoms with Crippen LogP contribution >= 0.6 is 0 Å². The largest absolute Gasteiger partial charge is 0.354 e. The minimum atomic E-state index is -0.604. The van der Waals surface area contributed by atoms with Gasteiger partial charge in [0, 0.05) is 28.1 Å². The second-order valence-electron chi connectivity index (χ2n) is 6.20. The van der Waals surface area contributed by atoms with Crippen LogP contribution in [0.3, 0.4) is 0 Å². The molecule has 0 saturated heterocycles. The molecule has 0 atom stereocenters. The Morgan fingerprint density at radius 3 is 2.27 bits per heavy atom. The van der Waals surface area contributed by atoms with Crippen LogP contribution in [0.2, 0.25) is 0 Å². The van der Waals surface area contributed by atoms with Gasteiger partial charge in [0.15, 0.2) is 5.43 Å². The minimum Gasteiger partial charge on any atom is -0.354 e. The summed E-state index contributed by atoms with van der Waals surface area (Å²) in [4.78, 5) is 15.9. The number of hydrogen-bond donors (Lipinski definition) is 1. The van der Waals surface area contributed by atoms with Crippen LogP contribution in [0.15, 0.2) is 71.5 Å². The molecular formula is C22H15F2NO. The summed E-state index contributed by atoms with van der Waals surface area (Å²) in [5, 5.41) is 0.652. The van der Waals surface area contributed by atoms with Gasteiger partial charge in [0.1, 0.15) is 11.6 Å². The molecule has 0 radical (unpaired) electrons. The molecule has 0 saturated carbocycles. The molecule has 0 aliphatic carbocycles. The fourth-order valence-corrected chi connectivity index (χ4v) is 3.16. The lowest BCUT2D eigenvalue weighted by Gasteiger charge is -2.10. The summed E-state index contributed by atoms with van der Waals surface area (Å²) in [6.07, 6.45) is 0. The molecule has 3 aromatic carbocycles. The predicted octanol–water partition coefficient (Wildman–Crippen LogP) is 5.45. The van der Waals surface area contributed by atoms with Crippen molar-refractivity contribution in [2.75, 3.05) is 0 Å². The zero-order chi connectivity index (χ0) is 18.3. The third-order valence-electron chi connectivity index (χ3n) is 4.56. The Morgan fingerprint density at radius 1 is 0.846 bits per heavy atom. The van der Waals surface area contributed by atoms with E-state index < -0.39 is 11.6 Å². The molecule has 1 N–H and O–H groups in total. The quantitative estimate of drug-likeness (QED) is 0.514. The SMILES string of the molecule is Cc1c(-c2ccc(-c3ccc(F)cc3F)cc2)[nH]c2ccccc2c1=O. The Morgan fingerprint density at radius 2 is 1.54 bits per heavy atom. The van der Waals surface area contributed by atoms with Crippen molar-refractivity contribution in [1.82, 2.24) is 4.98 Å². The van der Waals surface area contributed by atoms with Gasteiger partial charge in [0.25, 0.3) is 0 Å². The van der Waals surface area contributed by atoms with Crippen LogP contribution in [-0.4, -0.2) is 4.98 Å². The van der Waals surface area contributed by atoms with E-state index in [1.165, 1.54) is 12.1 Å². The van der Waals surface area contributed by atoms with Crippen molar-refractivity contribution in [3.05, 3.63) is 94.2 Å². The van der Waals surface area contributed by atoms with E-state index in [4.69, 9.17) is 0 Å². The van der Waals surface area contributed by atoms with Crippen LogP contribution in [0.4, 0.5) is 8.78 Å². The number of rotatable bonds is 2. The summed E-state index contributed by atoms with van der Waals surface area (Å²) < 4.78 is 27.0. The lowest BCUT2D eigenvalue weighted by molar-refractivity contribution is 0.585. The molecule has 0 amide bonds. The van der Waals surface area contributed by atoms with Gasteiger partial charge in [-0.25, -0.2) is 8.78 Å². The van der Waals surface area contributed by atoms with E-state index in [9.17, 15) is 13.6 Å². The highest BCUT2D eigenvalue weighted by Gasteiger charge is 2.11. The Balaban J connectivity index is 1.81. The monoisotopic (exact) mass is 347 g/mol. The molecule has 26 heavy (non-hydrogen) atoms. The summed E-state index contributed by atoms with van der Waals surface area (Å²) in [5.74, 6) is -1.21. The fourth-order valence-electron chi connectivity index (χ4n) is 3.16. The number of para-hydroxylation sites is 1. The summed E-state index contributed by atoms with van der Waals surface area (Å²) in [5.41, 5.74) is 3.93. The van der Waals surface area contributed by atoms with Gasteiger partial charge in [-0.1, -0.05) is 36.4 Å². The molecule has 4 heteroatoms. The summed E-state index contributed by atoms with van der Waals surface area (Å²) in [6.45, 7) is 1.79. The Bertz CT molecular complexity index is 1180. The van der Waals surface area contributed by atoms with Gasteiger partial charge in [-0.3, -0.25) is 4.79 Å². The maximum absolute atomic E-state index is 14.0. The average molecular weight is 347 g/mol. The zero-order valence-corrected chi connectivity index (χ0v) is 14.0. The van der Waals surface area contributed by atoms with E-state index in [0.29, 0.717) is 22.1 Å². The number of halogens is 2. The Kier molecular flexibility index (Phi) is 3.88. The van der Waals surface area contributed by atoms with Crippen molar-refractivity contribution < 1.29 is 8.78 Å². The molecule has 1 heterocycles. The highest BCUT2D eigenvalue weighted by molar-refractivity contribution is 5.83. The fraction of sp³-hybridized carbons (Fsp3) is 0.0455. The van der Waals surface area contributed by atoms with E-state index in [2.05, 4.69) is 4.98 Å². The topological polar surface area (TPSA) is 32.9 Å². The molecular weight excluding hydrogens is 332 g/mol. The van der Waals surface area contributed by atoms with Crippen molar-refractivity contribution in [2.24, 2.45) is 0 Å². The number of H-pyrrole nitrogens is 1.